The molecule has 0 radical (unpaired) electrons. The molecule has 1 aliphatic heterocycles. The first-order valence-corrected chi connectivity index (χ1v) is 29.6. The van der Waals surface area contributed by atoms with Gasteiger partial charge in [-0.2, -0.15) is 38.2 Å². The molecule has 0 spiro atoms. The highest BCUT2D eigenvalue weighted by atomic mass is 32.2. The van der Waals surface area contributed by atoms with Crippen LogP contribution in [0.2, 0.25) is 0 Å². The van der Waals surface area contributed by atoms with Crippen LogP contribution in [0.5, 0.6) is 0 Å². The van der Waals surface area contributed by atoms with Crippen molar-refractivity contribution in [2.24, 2.45) is 5.41 Å². The maximum absolute atomic E-state index is 14.0. The van der Waals surface area contributed by atoms with Gasteiger partial charge in [0.15, 0.2) is 16.9 Å². The second-order valence-corrected chi connectivity index (χ2v) is 24.9. The molecule has 1 unspecified atom stereocenters. The number of hydrogen-bond acceptors (Lipinski definition) is 13. The van der Waals surface area contributed by atoms with E-state index in [0.29, 0.717) is 38.8 Å². The Labute approximate surface area is 433 Å². The number of carbonyl (C=O) groups is 2. The standard InChI is InChI=1S/C50H41N3O18S5/c1-2-51-48(54)50(49(55)56)25-31(13-19-39-35-5-3-7-37-42(74(63,64)65)22-21-41(45(35)37)52(39)27-29-9-15-33(16-10-29)72(57,58)59)23-32(26-50)14-20-40-36-6-4-8-38-43(75(66,67)68)24-44(76(69,70)71)47(46(36)38)53(40)28-30-11-17-34(18-12-30)73(60,61)62/h3-24H,2,25-28H2,1H3,(H6-,51,54,55,56,57,58,59,60,61,62,63,64,65,66,67,68,69,70,71). The van der Waals surface area contributed by atoms with Crippen molar-refractivity contribution in [1.29, 1.82) is 0 Å². The Kier molecular flexibility index (Phi) is 13.5. The van der Waals surface area contributed by atoms with Crippen molar-refractivity contribution < 1.29 is 84.1 Å². The summed E-state index contributed by atoms with van der Waals surface area (Å²) in [4.78, 5) is 24.4. The number of carbonyl (C=O) groups excluding carboxylic acids is 1. The van der Waals surface area contributed by atoms with Gasteiger partial charge in [0.25, 0.3) is 30.4 Å². The van der Waals surface area contributed by atoms with Gasteiger partial charge < -0.3 is 19.5 Å². The highest BCUT2D eigenvalue weighted by Crippen LogP contribution is 2.45. The molecule has 1 aliphatic carbocycles. The number of carboxylic acids is 1. The molecule has 0 bridgehead atoms. The molecule has 0 saturated heterocycles. The van der Waals surface area contributed by atoms with Crippen molar-refractivity contribution in [1.82, 2.24) is 9.88 Å². The lowest BCUT2D eigenvalue weighted by Gasteiger charge is -2.32. The third kappa shape index (κ3) is 9.90. The second-order valence-electron chi connectivity index (χ2n) is 17.9. The van der Waals surface area contributed by atoms with Gasteiger partial charge in [0.2, 0.25) is 17.3 Å². The van der Waals surface area contributed by atoms with Gasteiger partial charge in [-0.1, -0.05) is 72.8 Å². The Morgan fingerprint density at radius 3 is 1.82 bits per heavy atom. The zero-order valence-electron chi connectivity index (χ0n) is 39.2. The van der Waals surface area contributed by atoms with E-state index in [1.165, 1.54) is 89.5 Å². The van der Waals surface area contributed by atoms with Crippen LogP contribution in [-0.2, 0) is 73.3 Å². The van der Waals surface area contributed by atoms with Crippen molar-refractivity contribution in [3.8, 4) is 0 Å². The summed E-state index contributed by atoms with van der Waals surface area (Å²) in [6, 6.07) is 22.1. The van der Waals surface area contributed by atoms with Gasteiger partial charge in [-0.15, -0.1) is 0 Å². The molecule has 2 heterocycles. The first-order chi connectivity index (χ1) is 35.5. The molecule has 21 nitrogen and oxygen atoms in total. The molecule has 7 aromatic rings. The molecule has 6 N–H and O–H groups in total. The van der Waals surface area contributed by atoms with Crippen molar-refractivity contribution in [3.05, 3.63) is 161 Å². The summed E-state index contributed by atoms with van der Waals surface area (Å²) in [7, 11) is -24.7. The molecule has 1 amide bonds. The predicted molar refractivity (Wildman–Crippen MR) is 273 cm³/mol. The first kappa shape index (κ1) is 53.6. The highest BCUT2D eigenvalue weighted by Gasteiger charge is 2.48. The second kappa shape index (κ2) is 19.1. The molecule has 9 rings (SSSR count). The number of benzene rings is 6. The third-order valence-corrected chi connectivity index (χ3v) is 17.5. The number of aromatic nitrogens is 1. The third-order valence-electron chi connectivity index (χ3n) is 13.2. The monoisotopic (exact) mass is 1130 g/mol. The van der Waals surface area contributed by atoms with Crippen molar-refractivity contribution in [2.45, 2.75) is 57.3 Å². The van der Waals surface area contributed by atoms with Crippen LogP contribution >= 0.6 is 0 Å². The summed E-state index contributed by atoms with van der Waals surface area (Å²) in [6.45, 7) is 1.33. The minimum absolute atomic E-state index is 0.00969. The van der Waals surface area contributed by atoms with Crippen LogP contribution in [0.25, 0.3) is 38.5 Å². The van der Waals surface area contributed by atoms with E-state index in [-0.39, 0.29) is 75.2 Å². The fourth-order valence-corrected chi connectivity index (χ4v) is 13.0. The molecule has 2 aliphatic rings. The summed E-state index contributed by atoms with van der Waals surface area (Å²) < 4.78 is 180. The Morgan fingerprint density at radius 1 is 0.671 bits per heavy atom. The average molecular weight is 1130 g/mol. The normalized spacial score (nSPS) is 17.4. The van der Waals surface area contributed by atoms with Crippen LogP contribution in [-0.4, -0.2) is 103 Å². The van der Waals surface area contributed by atoms with Crippen LogP contribution in [0, 0.1) is 5.41 Å². The van der Waals surface area contributed by atoms with Gasteiger partial charge >= 0.3 is 16.1 Å². The van der Waals surface area contributed by atoms with Gasteiger partial charge in [0.1, 0.15) is 15.0 Å². The molecule has 394 valence electrons. The van der Waals surface area contributed by atoms with Crippen LogP contribution in [0.1, 0.15) is 36.5 Å². The number of hydrogen-bond donors (Lipinski definition) is 6. The molecule has 1 atom stereocenters. The topological polar surface area (TPSA) is 349 Å². The van der Waals surface area contributed by atoms with Crippen molar-refractivity contribution in [3.63, 3.8) is 0 Å². The van der Waals surface area contributed by atoms with Gasteiger partial charge in [-0.3, -0.25) is 27.8 Å². The summed E-state index contributed by atoms with van der Waals surface area (Å²) in [5.41, 5.74) is -0.407. The summed E-state index contributed by atoms with van der Waals surface area (Å²) in [5.74, 6) is -2.36. The van der Waals surface area contributed by atoms with Crippen molar-refractivity contribution in [2.75, 3.05) is 6.54 Å². The molecule has 26 heteroatoms. The van der Waals surface area contributed by atoms with Crippen LogP contribution < -0.4 is 10.7 Å². The molecule has 0 saturated carbocycles. The van der Waals surface area contributed by atoms with E-state index in [4.69, 9.17) is 0 Å². The smallest absolute Gasteiger partial charge is 0.319 e. The minimum atomic E-state index is -5.30. The summed E-state index contributed by atoms with van der Waals surface area (Å²) in [5, 5.41) is 14.7. The van der Waals surface area contributed by atoms with Crippen LogP contribution in [0.15, 0.2) is 163 Å². The molecule has 1 aromatic heterocycles. The van der Waals surface area contributed by atoms with Crippen LogP contribution in [0.4, 0.5) is 5.69 Å². The molecule has 6 aromatic carbocycles. The number of rotatable bonds is 15. The van der Waals surface area contributed by atoms with E-state index < -0.39 is 93.9 Å². The minimum Gasteiger partial charge on any atom is -0.744 e. The SMILES string of the molecule is CCNC(=O)C1(C(=O)O)CC(=CC=c2c3cccc4c(S(=O)(=O)[O-])ccc(c43)n2Cc2ccc(S(=O)(=O)O)cc2)C=C(C=CC2=[N+](Cc3ccc(S(=O)(=O)O)cc3)c3c(S(=O)(=O)O)cc(S(=O)(=O)O)c4cccc2c34)C1. The lowest BCUT2D eigenvalue weighted by atomic mass is 9.71. The van der Waals surface area contributed by atoms with Crippen molar-refractivity contribution >= 4 is 112 Å². The van der Waals surface area contributed by atoms with E-state index in [1.54, 1.807) is 35.8 Å². The zero-order chi connectivity index (χ0) is 55.1. The van der Waals surface area contributed by atoms with E-state index in [0.717, 1.165) is 18.2 Å². The lowest BCUT2D eigenvalue weighted by Crippen LogP contribution is -2.48. The molecular weight excluding hydrogens is 1090 g/mol. The van der Waals surface area contributed by atoms with Gasteiger partial charge in [0.05, 0.1) is 31.2 Å². The Morgan fingerprint density at radius 2 is 1.25 bits per heavy atom. The van der Waals surface area contributed by atoms with E-state index in [2.05, 4.69) is 5.32 Å². The number of aliphatic carboxylic acids is 1. The Hall–Kier alpha value is -7.24. The number of nitrogens with zero attached hydrogens (tertiary/aromatic N) is 2. The number of nitrogens with one attached hydrogen (secondary N) is 1. The number of allylic oxidation sites excluding steroid dienone is 6. The molecular formula is C50H41N3O18S5. The van der Waals surface area contributed by atoms with E-state index >= 15 is 0 Å². The van der Waals surface area contributed by atoms with Gasteiger partial charge in [-0.05, 0) is 91.1 Å². The number of carboxylic acid groups (broad SMARTS) is 1. The van der Waals surface area contributed by atoms with E-state index in [9.17, 15) is 79.5 Å². The maximum atomic E-state index is 14.0. The Bertz CT molecular complexity index is 4470. The predicted octanol–water partition coefficient (Wildman–Crippen LogP) is 5.14. The molecule has 76 heavy (non-hydrogen) atoms. The van der Waals surface area contributed by atoms with Crippen LogP contribution in [0.3, 0.4) is 0 Å². The summed E-state index contributed by atoms with van der Waals surface area (Å²) >= 11 is 0. The average Bonchev–Trinajstić information content (AvgIpc) is 3.91. The van der Waals surface area contributed by atoms with E-state index in [1.807, 2.05) is 0 Å². The largest absolute Gasteiger partial charge is 0.744 e. The van der Waals surface area contributed by atoms with Gasteiger partial charge in [0, 0.05) is 51.6 Å². The number of amides is 1. The first-order valence-electron chi connectivity index (χ1n) is 22.4. The quantitative estimate of drug-likeness (QED) is 0.0439. The molecule has 0 fully saturated rings. The fourth-order valence-electron chi connectivity index (χ4n) is 9.87. The lowest BCUT2D eigenvalue weighted by molar-refractivity contribution is -0.455. The highest BCUT2D eigenvalue weighted by molar-refractivity contribution is 7.87. The maximum Gasteiger partial charge on any atom is 0.319 e. The summed E-state index contributed by atoms with van der Waals surface area (Å²) in [6.07, 6.45) is 6.81. The van der Waals surface area contributed by atoms with Gasteiger partial charge in [-0.25, -0.2) is 8.42 Å². The fraction of sp³-hybridized carbons (Fsp3) is 0.140. The zero-order valence-corrected chi connectivity index (χ0v) is 43.3. The Balaban J connectivity index is 1.27.